The molecule has 2 aromatic carbocycles. The molecule has 0 fully saturated rings. The Labute approximate surface area is 111 Å². The van der Waals surface area contributed by atoms with Crippen LogP contribution in [0.15, 0.2) is 60.9 Å². The third-order valence-corrected chi connectivity index (χ3v) is 3.22. The monoisotopic (exact) mass is 250 g/mol. The quantitative estimate of drug-likeness (QED) is 0.687. The van der Waals surface area contributed by atoms with Crippen molar-refractivity contribution in [1.82, 2.24) is 4.98 Å². The highest BCUT2D eigenvalue weighted by Crippen LogP contribution is 2.28. The molecule has 0 aliphatic heterocycles. The minimum absolute atomic E-state index is 0.643. The van der Waals surface area contributed by atoms with Gasteiger partial charge in [0.25, 0.3) is 0 Å². The first kappa shape index (κ1) is 11.7. The van der Waals surface area contributed by atoms with Gasteiger partial charge in [-0.15, -0.1) is 0 Å². The van der Waals surface area contributed by atoms with Crippen molar-refractivity contribution in [3.63, 3.8) is 0 Å². The van der Waals surface area contributed by atoms with Crippen LogP contribution in [0, 0.1) is 0 Å². The molecule has 3 heteroatoms. The van der Waals surface area contributed by atoms with Crippen LogP contribution in [0.5, 0.6) is 0 Å². The van der Waals surface area contributed by atoms with Crippen LogP contribution in [0.25, 0.3) is 10.8 Å². The number of nitrogens with zero attached hydrogens (tertiary/aromatic N) is 1. The fourth-order valence-electron chi connectivity index (χ4n) is 2.27. The summed E-state index contributed by atoms with van der Waals surface area (Å²) in [6.07, 6.45) is 2.78. The molecule has 0 amide bonds. The van der Waals surface area contributed by atoms with E-state index in [0.717, 1.165) is 21.9 Å². The van der Waals surface area contributed by atoms with E-state index in [1.54, 1.807) is 24.5 Å². The van der Waals surface area contributed by atoms with Crippen molar-refractivity contribution in [3.05, 3.63) is 72.1 Å². The Kier molecular flexibility index (Phi) is 2.89. The van der Waals surface area contributed by atoms with Gasteiger partial charge in [-0.2, -0.15) is 0 Å². The van der Waals surface area contributed by atoms with Crippen LogP contribution in [0.4, 0.5) is 5.69 Å². The maximum absolute atomic E-state index is 10.5. The maximum Gasteiger partial charge on any atom is 0.106 e. The Hall–Kier alpha value is -2.39. The Morgan fingerprint density at radius 1 is 1.00 bits per heavy atom. The summed E-state index contributed by atoms with van der Waals surface area (Å²) >= 11 is 0. The number of benzene rings is 2. The van der Waals surface area contributed by atoms with E-state index in [2.05, 4.69) is 4.98 Å². The fraction of sp³-hybridized carbons (Fsp3) is 0.0625. The highest BCUT2D eigenvalue weighted by Gasteiger charge is 2.13. The zero-order valence-corrected chi connectivity index (χ0v) is 10.3. The van der Waals surface area contributed by atoms with Crippen molar-refractivity contribution < 1.29 is 5.11 Å². The van der Waals surface area contributed by atoms with E-state index < -0.39 is 6.10 Å². The molecule has 3 aromatic rings. The molecule has 1 heterocycles. The second-order valence-corrected chi connectivity index (χ2v) is 4.52. The number of aliphatic hydroxyl groups is 1. The normalized spacial score (nSPS) is 12.5. The SMILES string of the molecule is Nc1cccc(C(O)c2cncc3ccccc23)c1. The summed E-state index contributed by atoms with van der Waals surface area (Å²) in [5, 5.41) is 12.5. The highest BCUT2D eigenvalue weighted by molar-refractivity contribution is 5.85. The molecule has 0 aliphatic rings. The lowest BCUT2D eigenvalue weighted by Crippen LogP contribution is -2.02. The van der Waals surface area contributed by atoms with Crippen molar-refractivity contribution in [1.29, 1.82) is 0 Å². The Morgan fingerprint density at radius 3 is 2.68 bits per heavy atom. The van der Waals surface area contributed by atoms with Crippen molar-refractivity contribution in [2.45, 2.75) is 6.10 Å². The van der Waals surface area contributed by atoms with E-state index in [-0.39, 0.29) is 0 Å². The third-order valence-electron chi connectivity index (χ3n) is 3.22. The van der Waals surface area contributed by atoms with Gasteiger partial charge in [-0.05, 0) is 23.1 Å². The first-order chi connectivity index (χ1) is 9.25. The van der Waals surface area contributed by atoms with E-state index in [1.165, 1.54) is 0 Å². The Bertz CT molecular complexity index is 719. The van der Waals surface area contributed by atoms with Crippen LogP contribution in [0.2, 0.25) is 0 Å². The van der Waals surface area contributed by atoms with Gasteiger partial charge in [0.05, 0.1) is 0 Å². The molecule has 1 aromatic heterocycles. The topological polar surface area (TPSA) is 59.1 Å². The molecular weight excluding hydrogens is 236 g/mol. The number of hydrogen-bond donors (Lipinski definition) is 2. The first-order valence-electron chi connectivity index (χ1n) is 6.12. The number of nitrogen functional groups attached to an aromatic ring is 1. The van der Waals surface area contributed by atoms with Gasteiger partial charge in [0.2, 0.25) is 0 Å². The minimum atomic E-state index is -0.720. The van der Waals surface area contributed by atoms with Gasteiger partial charge in [-0.1, -0.05) is 36.4 Å². The second-order valence-electron chi connectivity index (χ2n) is 4.52. The van der Waals surface area contributed by atoms with E-state index in [1.807, 2.05) is 36.4 Å². The van der Waals surface area contributed by atoms with Crippen LogP contribution >= 0.6 is 0 Å². The molecule has 3 N–H and O–H groups in total. The van der Waals surface area contributed by atoms with E-state index in [9.17, 15) is 5.11 Å². The van der Waals surface area contributed by atoms with Gasteiger partial charge >= 0.3 is 0 Å². The van der Waals surface area contributed by atoms with Gasteiger partial charge in [-0.25, -0.2) is 0 Å². The van der Waals surface area contributed by atoms with Crippen molar-refractivity contribution >= 4 is 16.5 Å². The molecule has 3 rings (SSSR count). The zero-order chi connectivity index (χ0) is 13.2. The average Bonchev–Trinajstić information content (AvgIpc) is 2.46. The number of rotatable bonds is 2. The van der Waals surface area contributed by atoms with Crippen molar-refractivity contribution in [3.8, 4) is 0 Å². The summed E-state index contributed by atoms with van der Waals surface area (Å²) in [5.74, 6) is 0. The maximum atomic E-state index is 10.5. The summed E-state index contributed by atoms with van der Waals surface area (Å²) in [6, 6.07) is 15.2. The smallest absolute Gasteiger partial charge is 0.106 e. The molecule has 0 bridgehead atoms. The number of aromatic nitrogens is 1. The summed E-state index contributed by atoms with van der Waals surface area (Å²) in [5.41, 5.74) is 7.97. The standard InChI is InChI=1S/C16H14N2O/c17-13-6-3-5-11(8-13)16(19)15-10-18-9-12-4-1-2-7-14(12)15/h1-10,16,19H,17H2. The molecule has 3 nitrogen and oxygen atoms in total. The number of anilines is 1. The largest absolute Gasteiger partial charge is 0.399 e. The van der Waals surface area contributed by atoms with Gasteiger partial charge < -0.3 is 10.8 Å². The Balaban J connectivity index is 2.14. The van der Waals surface area contributed by atoms with Gasteiger partial charge in [0.1, 0.15) is 6.10 Å². The fourth-order valence-corrected chi connectivity index (χ4v) is 2.27. The summed E-state index contributed by atoms with van der Waals surface area (Å²) in [7, 11) is 0. The van der Waals surface area contributed by atoms with Crippen molar-refractivity contribution in [2.24, 2.45) is 0 Å². The lowest BCUT2D eigenvalue weighted by molar-refractivity contribution is 0.221. The van der Waals surface area contributed by atoms with Gasteiger partial charge in [0.15, 0.2) is 0 Å². The number of fused-ring (bicyclic) bond motifs is 1. The van der Waals surface area contributed by atoms with Gasteiger partial charge in [-0.3, -0.25) is 4.98 Å². The summed E-state index contributed by atoms with van der Waals surface area (Å²) in [6.45, 7) is 0. The zero-order valence-electron chi connectivity index (χ0n) is 10.3. The molecule has 0 radical (unpaired) electrons. The summed E-state index contributed by atoms with van der Waals surface area (Å²) < 4.78 is 0. The Morgan fingerprint density at radius 2 is 1.84 bits per heavy atom. The summed E-state index contributed by atoms with van der Waals surface area (Å²) in [4.78, 5) is 4.19. The van der Waals surface area contributed by atoms with Crippen LogP contribution in [-0.2, 0) is 0 Å². The molecular formula is C16H14N2O. The predicted octanol–water partition coefficient (Wildman–Crippen LogP) is 2.90. The first-order valence-corrected chi connectivity index (χ1v) is 6.12. The highest BCUT2D eigenvalue weighted by atomic mass is 16.3. The molecule has 0 saturated carbocycles. The van der Waals surface area contributed by atoms with Crippen LogP contribution in [0.1, 0.15) is 17.2 Å². The second kappa shape index (κ2) is 4.71. The number of nitrogens with two attached hydrogens (primary N) is 1. The lowest BCUT2D eigenvalue weighted by Gasteiger charge is -2.14. The average molecular weight is 250 g/mol. The molecule has 0 saturated heterocycles. The molecule has 0 spiro atoms. The van der Waals surface area contributed by atoms with Crippen LogP contribution in [-0.4, -0.2) is 10.1 Å². The van der Waals surface area contributed by atoms with E-state index >= 15 is 0 Å². The number of hydrogen-bond acceptors (Lipinski definition) is 3. The molecule has 0 aliphatic carbocycles. The lowest BCUT2D eigenvalue weighted by atomic mass is 9.98. The molecule has 1 atom stereocenters. The minimum Gasteiger partial charge on any atom is -0.399 e. The molecule has 1 unspecified atom stereocenters. The van der Waals surface area contributed by atoms with Gasteiger partial charge in [0, 0.05) is 29.0 Å². The number of aliphatic hydroxyl groups excluding tert-OH is 1. The third kappa shape index (κ3) is 2.16. The van der Waals surface area contributed by atoms with Crippen LogP contribution < -0.4 is 5.73 Å². The van der Waals surface area contributed by atoms with Crippen molar-refractivity contribution in [2.75, 3.05) is 5.73 Å². The molecule has 19 heavy (non-hydrogen) atoms. The molecule has 94 valence electrons. The van der Waals surface area contributed by atoms with E-state index in [0.29, 0.717) is 5.69 Å². The predicted molar refractivity (Wildman–Crippen MR) is 76.7 cm³/mol. The van der Waals surface area contributed by atoms with Crippen LogP contribution in [0.3, 0.4) is 0 Å². The van der Waals surface area contributed by atoms with E-state index in [4.69, 9.17) is 5.73 Å². The number of pyridine rings is 1.